The van der Waals surface area contributed by atoms with Crippen LogP contribution in [0, 0.1) is 11.8 Å². The summed E-state index contributed by atoms with van der Waals surface area (Å²) in [5.74, 6) is 2.66. The maximum absolute atomic E-state index is 12.5. The smallest absolute Gasteiger partial charge is 0.289 e. The van der Waals surface area contributed by atoms with E-state index in [1.54, 1.807) is 0 Å². The van der Waals surface area contributed by atoms with Crippen LogP contribution in [0.15, 0.2) is 0 Å². The normalized spacial score (nSPS) is 24.6. The molecule has 0 aromatic carbocycles. The SMILES string of the molecule is CC(C)CNC(=O)c1nnc2n1CCN1CCN(CC3CCCCC3)CC21. The van der Waals surface area contributed by atoms with Crippen molar-refractivity contribution in [1.29, 1.82) is 0 Å². The van der Waals surface area contributed by atoms with Crippen LogP contribution in [0.4, 0.5) is 0 Å². The van der Waals surface area contributed by atoms with Crippen LogP contribution in [0.2, 0.25) is 0 Å². The molecule has 1 aromatic rings. The monoisotopic (exact) mass is 374 g/mol. The Morgan fingerprint density at radius 3 is 2.67 bits per heavy atom. The van der Waals surface area contributed by atoms with Crippen molar-refractivity contribution >= 4 is 5.91 Å². The number of carbonyl (C=O) groups is 1. The predicted molar refractivity (Wildman–Crippen MR) is 105 cm³/mol. The van der Waals surface area contributed by atoms with E-state index in [9.17, 15) is 4.79 Å². The minimum Gasteiger partial charge on any atom is -0.349 e. The Morgan fingerprint density at radius 2 is 1.89 bits per heavy atom. The van der Waals surface area contributed by atoms with Gasteiger partial charge < -0.3 is 9.88 Å². The van der Waals surface area contributed by atoms with Crippen LogP contribution in [-0.4, -0.2) is 69.7 Å². The third-order valence-electron chi connectivity index (χ3n) is 6.38. The number of hydrogen-bond donors (Lipinski definition) is 1. The number of carbonyl (C=O) groups excluding carboxylic acids is 1. The van der Waals surface area contributed by atoms with Gasteiger partial charge in [0.05, 0.1) is 6.04 Å². The second kappa shape index (κ2) is 8.27. The van der Waals surface area contributed by atoms with E-state index >= 15 is 0 Å². The average Bonchev–Trinajstić information content (AvgIpc) is 3.11. The number of hydrogen-bond acceptors (Lipinski definition) is 5. The Balaban J connectivity index is 1.43. The molecule has 0 spiro atoms. The van der Waals surface area contributed by atoms with Crippen LogP contribution in [-0.2, 0) is 6.54 Å². The highest BCUT2D eigenvalue weighted by atomic mass is 16.2. The summed E-state index contributed by atoms with van der Waals surface area (Å²) in [5, 5.41) is 11.7. The van der Waals surface area contributed by atoms with Crippen LogP contribution in [0.1, 0.15) is 68.4 Å². The summed E-state index contributed by atoms with van der Waals surface area (Å²) in [7, 11) is 0. The lowest BCUT2D eigenvalue weighted by Crippen LogP contribution is -2.53. The second-order valence-corrected chi connectivity index (χ2v) is 8.95. The standard InChI is InChI=1S/C20H34N6O/c1-15(2)12-21-20(27)19-23-22-18-17-14-24(13-16-6-4-3-5-7-16)8-9-25(17)10-11-26(18)19/h15-17H,3-14H2,1-2H3,(H,21,27). The molecule has 1 aliphatic carbocycles. The average molecular weight is 375 g/mol. The zero-order valence-electron chi connectivity index (χ0n) is 16.9. The van der Waals surface area contributed by atoms with Gasteiger partial charge in [-0.25, -0.2) is 0 Å². The number of aromatic nitrogens is 3. The Bertz CT molecular complexity index is 651. The fourth-order valence-electron chi connectivity index (χ4n) is 4.84. The van der Waals surface area contributed by atoms with E-state index < -0.39 is 0 Å². The number of fused-ring (bicyclic) bond motifs is 3. The number of amides is 1. The van der Waals surface area contributed by atoms with Gasteiger partial charge in [0.15, 0.2) is 5.82 Å². The molecule has 4 rings (SSSR count). The molecular formula is C20H34N6O. The fraction of sp³-hybridized carbons (Fsp3) is 0.850. The summed E-state index contributed by atoms with van der Waals surface area (Å²) >= 11 is 0. The lowest BCUT2D eigenvalue weighted by molar-refractivity contribution is 0.0387. The summed E-state index contributed by atoms with van der Waals surface area (Å²) in [6.07, 6.45) is 6.99. The molecule has 1 amide bonds. The molecule has 7 nitrogen and oxygen atoms in total. The number of rotatable bonds is 5. The van der Waals surface area contributed by atoms with Crippen LogP contribution in [0.3, 0.4) is 0 Å². The van der Waals surface area contributed by atoms with Crippen molar-refractivity contribution in [2.75, 3.05) is 39.3 Å². The van der Waals surface area contributed by atoms with Crippen molar-refractivity contribution in [3.05, 3.63) is 11.6 Å². The molecule has 150 valence electrons. The highest BCUT2D eigenvalue weighted by Gasteiger charge is 2.37. The van der Waals surface area contributed by atoms with Crippen LogP contribution in [0.25, 0.3) is 0 Å². The highest BCUT2D eigenvalue weighted by Crippen LogP contribution is 2.30. The molecule has 1 saturated carbocycles. The topological polar surface area (TPSA) is 66.3 Å². The Kier molecular flexibility index (Phi) is 5.78. The van der Waals surface area contributed by atoms with Gasteiger partial charge in [0.1, 0.15) is 0 Å². The van der Waals surface area contributed by atoms with Gasteiger partial charge in [-0.2, -0.15) is 0 Å². The van der Waals surface area contributed by atoms with Gasteiger partial charge in [0.2, 0.25) is 5.82 Å². The van der Waals surface area contributed by atoms with Crippen molar-refractivity contribution in [1.82, 2.24) is 29.9 Å². The molecule has 1 atom stereocenters. The molecule has 3 aliphatic rings. The van der Waals surface area contributed by atoms with E-state index in [1.165, 1.54) is 38.6 Å². The van der Waals surface area contributed by atoms with E-state index in [2.05, 4.69) is 43.7 Å². The molecular weight excluding hydrogens is 340 g/mol. The van der Waals surface area contributed by atoms with Gasteiger partial charge in [-0.15, -0.1) is 10.2 Å². The number of piperazine rings is 1. The summed E-state index contributed by atoms with van der Waals surface area (Å²) in [6, 6.07) is 0.273. The van der Waals surface area contributed by atoms with Crippen molar-refractivity contribution < 1.29 is 4.79 Å². The lowest BCUT2D eigenvalue weighted by atomic mass is 9.88. The van der Waals surface area contributed by atoms with E-state index in [-0.39, 0.29) is 11.9 Å². The third kappa shape index (κ3) is 4.19. The molecule has 0 bridgehead atoms. The molecule has 1 N–H and O–H groups in total. The van der Waals surface area contributed by atoms with Gasteiger partial charge in [-0.1, -0.05) is 33.1 Å². The zero-order chi connectivity index (χ0) is 18.8. The summed E-state index contributed by atoms with van der Waals surface area (Å²) in [5.41, 5.74) is 0. The molecule has 2 fully saturated rings. The molecule has 3 heterocycles. The predicted octanol–water partition coefficient (Wildman–Crippen LogP) is 1.92. The van der Waals surface area contributed by atoms with Crippen LogP contribution >= 0.6 is 0 Å². The lowest BCUT2D eigenvalue weighted by Gasteiger charge is -2.44. The van der Waals surface area contributed by atoms with Gasteiger partial charge in [0, 0.05) is 45.8 Å². The molecule has 1 aromatic heterocycles. The molecule has 1 unspecified atom stereocenters. The first-order chi connectivity index (χ1) is 13.1. The Hall–Kier alpha value is -1.47. The molecule has 1 saturated heterocycles. The van der Waals surface area contributed by atoms with Crippen molar-refractivity contribution in [2.24, 2.45) is 11.8 Å². The highest BCUT2D eigenvalue weighted by molar-refractivity contribution is 5.90. The number of nitrogens with one attached hydrogen (secondary N) is 1. The summed E-state index contributed by atoms with van der Waals surface area (Å²) in [4.78, 5) is 17.7. The van der Waals surface area contributed by atoms with Crippen molar-refractivity contribution in [2.45, 2.75) is 58.5 Å². The second-order valence-electron chi connectivity index (χ2n) is 8.95. The molecule has 7 heteroatoms. The molecule has 2 aliphatic heterocycles. The maximum atomic E-state index is 12.5. The Morgan fingerprint density at radius 1 is 1.11 bits per heavy atom. The van der Waals surface area contributed by atoms with Crippen LogP contribution in [0.5, 0.6) is 0 Å². The third-order valence-corrected chi connectivity index (χ3v) is 6.38. The van der Waals surface area contributed by atoms with Crippen molar-refractivity contribution in [3.63, 3.8) is 0 Å². The maximum Gasteiger partial charge on any atom is 0.289 e. The Labute approximate surface area is 162 Å². The minimum atomic E-state index is -0.0919. The first kappa shape index (κ1) is 18.9. The number of nitrogens with zero attached hydrogens (tertiary/aromatic N) is 5. The van der Waals surface area contributed by atoms with Gasteiger partial charge >= 0.3 is 0 Å². The fourth-order valence-corrected chi connectivity index (χ4v) is 4.84. The summed E-state index contributed by atoms with van der Waals surface area (Å²) < 4.78 is 2.06. The van der Waals surface area contributed by atoms with E-state index in [4.69, 9.17) is 0 Å². The van der Waals surface area contributed by atoms with Gasteiger partial charge in [-0.3, -0.25) is 14.6 Å². The molecule has 0 radical (unpaired) electrons. The quantitative estimate of drug-likeness (QED) is 0.853. The summed E-state index contributed by atoms with van der Waals surface area (Å²) in [6.45, 7) is 11.2. The van der Waals surface area contributed by atoms with E-state index in [0.717, 1.165) is 44.5 Å². The zero-order valence-corrected chi connectivity index (χ0v) is 16.9. The van der Waals surface area contributed by atoms with Gasteiger partial charge in [-0.05, 0) is 24.7 Å². The first-order valence-electron chi connectivity index (χ1n) is 10.8. The van der Waals surface area contributed by atoms with E-state index in [0.29, 0.717) is 18.3 Å². The minimum absolute atomic E-state index is 0.0919. The van der Waals surface area contributed by atoms with Gasteiger partial charge in [0.25, 0.3) is 5.91 Å². The largest absolute Gasteiger partial charge is 0.349 e. The first-order valence-corrected chi connectivity index (χ1v) is 10.8. The molecule has 27 heavy (non-hydrogen) atoms. The van der Waals surface area contributed by atoms with Crippen molar-refractivity contribution in [3.8, 4) is 0 Å². The van der Waals surface area contributed by atoms with Crippen LogP contribution < -0.4 is 5.32 Å². The van der Waals surface area contributed by atoms with E-state index in [1.807, 2.05) is 0 Å².